The molecule has 0 saturated carbocycles. The standard InChI is InChI=1S/C17H11N5/c18-9-11-4-3-5-12(8-11)14-10-22-15-7-2-1-6-13(15)20-16(19)17(22)21-14/h1-8,10H,(H2,19,20). The first kappa shape index (κ1) is 12.4. The van der Waals surface area contributed by atoms with E-state index in [0.717, 1.165) is 22.3 Å². The maximum Gasteiger partial charge on any atom is 0.180 e. The highest BCUT2D eigenvalue weighted by atomic mass is 15.1. The molecule has 0 fully saturated rings. The van der Waals surface area contributed by atoms with Crippen LogP contribution in [-0.2, 0) is 0 Å². The summed E-state index contributed by atoms with van der Waals surface area (Å²) >= 11 is 0. The molecule has 5 heteroatoms. The van der Waals surface area contributed by atoms with Gasteiger partial charge in [0.2, 0.25) is 0 Å². The summed E-state index contributed by atoms with van der Waals surface area (Å²) in [5.41, 5.74) is 10.7. The van der Waals surface area contributed by atoms with Crippen molar-refractivity contribution in [2.45, 2.75) is 0 Å². The molecule has 0 aliphatic carbocycles. The number of nitrogen functional groups attached to an aromatic ring is 1. The topological polar surface area (TPSA) is 80.0 Å². The molecule has 0 bridgehead atoms. The molecule has 0 saturated heterocycles. The van der Waals surface area contributed by atoms with E-state index in [-0.39, 0.29) is 0 Å². The number of hydrogen-bond acceptors (Lipinski definition) is 4. The first-order valence-corrected chi connectivity index (χ1v) is 6.80. The van der Waals surface area contributed by atoms with Gasteiger partial charge in [0.1, 0.15) is 0 Å². The minimum Gasteiger partial charge on any atom is -0.381 e. The Morgan fingerprint density at radius 1 is 1.05 bits per heavy atom. The summed E-state index contributed by atoms with van der Waals surface area (Å²) in [4.78, 5) is 8.96. The molecule has 0 spiro atoms. The molecule has 4 aromatic rings. The Labute approximate surface area is 126 Å². The van der Waals surface area contributed by atoms with E-state index in [2.05, 4.69) is 16.0 Å². The highest BCUT2D eigenvalue weighted by Crippen LogP contribution is 2.25. The number of nitrogens with two attached hydrogens (primary N) is 1. The van der Waals surface area contributed by atoms with Crippen LogP contribution < -0.4 is 5.73 Å². The lowest BCUT2D eigenvalue weighted by atomic mass is 10.1. The third-order valence-corrected chi connectivity index (χ3v) is 3.60. The van der Waals surface area contributed by atoms with Crippen LogP contribution in [0.15, 0.2) is 54.7 Å². The maximum absolute atomic E-state index is 9.03. The summed E-state index contributed by atoms with van der Waals surface area (Å²) < 4.78 is 1.94. The van der Waals surface area contributed by atoms with Crippen LogP contribution in [0.2, 0.25) is 0 Å². The molecule has 2 heterocycles. The Balaban J connectivity index is 2.03. The van der Waals surface area contributed by atoms with Gasteiger partial charge in [-0.1, -0.05) is 24.3 Å². The van der Waals surface area contributed by atoms with Crippen molar-refractivity contribution in [1.29, 1.82) is 5.26 Å². The molecule has 0 atom stereocenters. The average molecular weight is 285 g/mol. The number of hydrogen-bond donors (Lipinski definition) is 1. The predicted octanol–water partition coefficient (Wildman–Crippen LogP) is 3.00. The van der Waals surface area contributed by atoms with E-state index in [1.807, 2.05) is 53.1 Å². The molecule has 0 aliphatic heterocycles. The first-order valence-electron chi connectivity index (χ1n) is 6.80. The summed E-state index contributed by atoms with van der Waals surface area (Å²) in [7, 11) is 0. The zero-order valence-corrected chi connectivity index (χ0v) is 11.6. The molecular formula is C17H11N5. The van der Waals surface area contributed by atoms with E-state index in [1.54, 1.807) is 6.07 Å². The molecule has 0 amide bonds. The molecule has 2 aromatic carbocycles. The number of rotatable bonds is 1. The molecule has 22 heavy (non-hydrogen) atoms. The van der Waals surface area contributed by atoms with Gasteiger partial charge in [0.25, 0.3) is 0 Å². The second-order valence-electron chi connectivity index (χ2n) is 5.00. The number of fused-ring (bicyclic) bond motifs is 3. The Morgan fingerprint density at radius 3 is 2.77 bits per heavy atom. The summed E-state index contributed by atoms with van der Waals surface area (Å²) in [6.45, 7) is 0. The molecule has 5 nitrogen and oxygen atoms in total. The zero-order chi connectivity index (χ0) is 15.1. The van der Waals surface area contributed by atoms with E-state index >= 15 is 0 Å². The SMILES string of the molecule is N#Cc1cccc(-c2cn3c(n2)c(N)nc2ccccc23)c1. The van der Waals surface area contributed by atoms with Crippen molar-refractivity contribution in [3.05, 3.63) is 60.3 Å². The smallest absolute Gasteiger partial charge is 0.180 e. The van der Waals surface area contributed by atoms with Crippen molar-refractivity contribution in [3.8, 4) is 17.3 Å². The van der Waals surface area contributed by atoms with Gasteiger partial charge in [-0.05, 0) is 24.3 Å². The lowest BCUT2D eigenvalue weighted by Crippen LogP contribution is -1.97. The fourth-order valence-corrected chi connectivity index (χ4v) is 2.57. The van der Waals surface area contributed by atoms with Gasteiger partial charge < -0.3 is 5.73 Å². The number of para-hydroxylation sites is 2. The maximum atomic E-state index is 9.03. The van der Waals surface area contributed by atoms with Crippen LogP contribution in [0.1, 0.15) is 5.56 Å². The average Bonchev–Trinajstić information content (AvgIpc) is 3.01. The molecule has 0 aliphatic rings. The van der Waals surface area contributed by atoms with Gasteiger partial charge in [0.15, 0.2) is 11.5 Å². The van der Waals surface area contributed by atoms with Gasteiger partial charge in [-0.25, -0.2) is 9.97 Å². The van der Waals surface area contributed by atoms with Crippen molar-refractivity contribution in [2.24, 2.45) is 0 Å². The second kappa shape index (κ2) is 4.57. The van der Waals surface area contributed by atoms with Gasteiger partial charge in [0.05, 0.1) is 28.4 Å². The van der Waals surface area contributed by atoms with Crippen molar-refractivity contribution in [2.75, 3.05) is 5.73 Å². The van der Waals surface area contributed by atoms with Gasteiger partial charge in [-0.15, -0.1) is 0 Å². The number of aromatic nitrogens is 3. The Kier molecular flexibility index (Phi) is 2.57. The van der Waals surface area contributed by atoms with E-state index < -0.39 is 0 Å². The number of nitrogens with zero attached hydrogens (tertiary/aromatic N) is 4. The second-order valence-corrected chi connectivity index (χ2v) is 5.00. The first-order chi connectivity index (χ1) is 10.8. The molecule has 0 radical (unpaired) electrons. The van der Waals surface area contributed by atoms with Crippen LogP contribution in [0.5, 0.6) is 0 Å². The Bertz CT molecular complexity index is 1060. The lowest BCUT2D eigenvalue weighted by molar-refractivity contribution is 1.21. The summed E-state index contributed by atoms with van der Waals surface area (Å²) in [5, 5.41) is 9.03. The van der Waals surface area contributed by atoms with Crippen LogP contribution >= 0.6 is 0 Å². The molecule has 104 valence electrons. The van der Waals surface area contributed by atoms with Gasteiger partial charge in [-0.3, -0.25) is 4.40 Å². The fraction of sp³-hybridized carbons (Fsp3) is 0. The van der Waals surface area contributed by atoms with Crippen molar-refractivity contribution < 1.29 is 0 Å². The summed E-state index contributed by atoms with van der Waals surface area (Å²) in [6.07, 6.45) is 1.92. The van der Waals surface area contributed by atoms with E-state index in [1.165, 1.54) is 0 Å². The van der Waals surface area contributed by atoms with Gasteiger partial charge in [-0.2, -0.15) is 5.26 Å². The highest BCUT2D eigenvalue weighted by molar-refractivity contribution is 5.83. The number of imidazole rings is 1. The highest BCUT2D eigenvalue weighted by Gasteiger charge is 2.11. The van der Waals surface area contributed by atoms with Crippen LogP contribution in [0.4, 0.5) is 5.82 Å². The van der Waals surface area contributed by atoms with Crippen LogP contribution in [0.25, 0.3) is 27.9 Å². The van der Waals surface area contributed by atoms with E-state index in [4.69, 9.17) is 11.0 Å². The van der Waals surface area contributed by atoms with Gasteiger partial charge >= 0.3 is 0 Å². The third-order valence-electron chi connectivity index (χ3n) is 3.60. The van der Waals surface area contributed by atoms with E-state index in [9.17, 15) is 0 Å². The number of benzene rings is 2. The van der Waals surface area contributed by atoms with Crippen molar-refractivity contribution in [1.82, 2.24) is 14.4 Å². The monoisotopic (exact) mass is 285 g/mol. The molecule has 4 rings (SSSR count). The normalized spacial score (nSPS) is 10.9. The zero-order valence-electron chi connectivity index (χ0n) is 11.6. The summed E-state index contributed by atoms with van der Waals surface area (Å²) in [6, 6.07) is 17.3. The number of nitriles is 1. The molecule has 2 N–H and O–H groups in total. The Morgan fingerprint density at radius 2 is 1.91 bits per heavy atom. The minimum absolute atomic E-state index is 0.390. The minimum atomic E-state index is 0.390. The van der Waals surface area contributed by atoms with Crippen molar-refractivity contribution in [3.63, 3.8) is 0 Å². The quantitative estimate of drug-likeness (QED) is 0.583. The molecule has 0 unspecified atom stereocenters. The summed E-state index contributed by atoms with van der Waals surface area (Å²) in [5.74, 6) is 0.390. The largest absolute Gasteiger partial charge is 0.381 e. The van der Waals surface area contributed by atoms with Gasteiger partial charge in [0, 0.05) is 11.8 Å². The van der Waals surface area contributed by atoms with E-state index in [0.29, 0.717) is 17.0 Å². The number of anilines is 1. The van der Waals surface area contributed by atoms with Crippen LogP contribution in [0, 0.1) is 11.3 Å². The van der Waals surface area contributed by atoms with Crippen molar-refractivity contribution >= 4 is 22.5 Å². The fourth-order valence-electron chi connectivity index (χ4n) is 2.57. The third kappa shape index (κ3) is 1.79. The predicted molar refractivity (Wildman–Crippen MR) is 85.1 cm³/mol. The molecule has 2 aromatic heterocycles. The Hall–Kier alpha value is -3.39. The lowest BCUT2D eigenvalue weighted by Gasteiger charge is -2.02. The molecular weight excluding hydrogens is 274 g/mol. The van der Waals surface area contributed by atoms with Crippen LogP contribution in [0.3, 0.4) is 0 Å². The van der Waals surface area contributed by atoms with Crippen LogP contribution in [-0.4, -0.2) is 14.4 Å².